The van der Waals surface area contributed by atoms with Crippen LogP contribution < -0.4 is 10.6 Å². The van der Waals surface area contributed by atoms with Crippen LogP contribution in [0.4, 0.5) is 0 Å². The lowest BCUT2D eigenvalue weighted by Gasteiger charge is -2.34. The molecule has 2 unspecified atom stereocenters. The highest BCUT2D eigenvalue weighted by atomic mass is 16.2. The van der Waals surface area contributed by atoms with Gasteiger partial charge in [-0.3, -0.25) is 4.79 Å². The van der Waals surface area contributed by atoms with Crippen molar-refractivity contribution in [3.8, 4) is 0 Å². The molecule has 2 atom stereocenters. The van der Waals surface area contributed by atoms with Gasteiger partial charge in [-0.1, -0.05) is 31.9 Å². The predicted octanol–water partition coefficient (Wildman–Crippen LogP) is 2.15. The zero-order valence-electron chi connectivity index (χ0n) is 14.3. The molecule has 1 aromatic rings. The average molecular weight is 319 g/mol. The Morgan fingerprint density at radius 2 is 2.00 bits per heavy atom. The molecule has 0 spiro atoms. The third-order valence-electron chi connectivity index (χ3n) is 5.42. The summed E-state index contributed by atoms with van der Waals surface area (Å²) < 4.78 is 1.87. The first kappa shape index (κ1) is 16.4. The van der Waals surface area contributed by atoms with Crippen molar-refractivity contribution in [1.82, 2.24) is 25.6 Å². The maximum atomic E-state index is 12.5. The van der Waals surface area contributed by atoms with Crippen LogP contribution in [-0.2, 0) is 0 Å². The number of rotatable bonds is 4. The Bertz CT molecular complexity index is 521. The van der Waals surface area contributed by atoms with E-state index in [1.165, 1.54) is 19.3 Å². The van der Waals surface area contributed by atoms with E-state index >= 15 is 0 Å². The minimum Gasteiger partial charge on any atom is -0.348 e. The summed E-state index contributed by atoms with van der Waals surface area (Å²) in [6.07, 6.45) is 8.68. The summed E-state index contributed by atoms with van der Waals surface area (Å²) in [6.45, 7) is 6.51. The number of piperidine rings is 1. The summed E-state index contributed by atoms with van der Waals surface area (Å²) in [5.41, 5.74) is 0.455. The first-order valence-electron chi connectivity index (χ1n) is 9.08. The summed E-state index contributed by atoms with van der Waals surface area (Å²) in [7, 11) is 0. The molecule has 2 heterocycles. The van der Waals surface area contributed by atoms with E-state index in [0.717, 1.165) is 32.4 Å². The van der Waals surface area contributed by atoms with E-state index in [1.807, 2.05) is 10.9 Å². The van der Waals surface area contributed by atoms with Gasteiger partial charge in [0.15, 0.2) is 5.69 Å². The van der Waals surface area contributed by atoms with E-state index < -0.39 is 0 Å². The van der Waals surface area contributed by atoms with Gasteiger partial charge in [-0.2, -0.15) is 0 Å². The first-order valence-corrected chi connectivity index (χ1v) is 9.08. The number of aromatic nitrogens is 3. The quantitative estimate of drug-likeness (QED) is 0.892. The van der Waals surface area contributed by atoms with E-state index in [9.17, 15) is 4.79 Å². The van der Waals surface area contributed by atoms with Crippen LogP contribution >= 0.6 is 0 Å². The van der Waals surface area contributed by atoms with Crippen molar-refractivity contribution in [3.63, 3.8) is 0 Å². The summed E-state index contributed by atoms with van der Waals surface area (Å²) >= 11 is 0. The number of hydrogen-bond acceptors (Lipinski definition) is 4. The number of nitrogens with zero attached hydrogens (tertiary/aromatic N) is 3. The molecule has 2 N–H and O–H groups in total. The van der Waals surface area contributed by atoms with Crippen LogP contribution in [0.15, 0.2) is 6.20 Å². The monoisotopic (exact) mass is 319 g/mol. The summed E-state index contributed by atoms with van der Waals surface area (Å²) in [6, 6.07) is 0.642. The smallest absolute Gasteiger partial charge is 0.273 e. The lowest BCUT2D eigenvalue weighted by atomic mass is 9.78. The van der Waals surface area contributed by atoms with Gasteiger partial charge in [0.05, 0.1) is 12.2 Å². The fourth-order valence-electron chi connectivity index (χ4n) is 4.01. The predicted molar refractivity (Wildman–Crippen MR) is 89.2 cm³/mol. The Hall–Kier alpha value is -1.43. The Kier molecular flexibility index (Phi) is 5.30. The second-order valence-corrected chi connectivity index (χ2v) is 7.34. The second-order valence-electron chi connectivity index (χ2n) is 7.34. The van der Waals surface area contributed by atoms with Crippen molar-refractivity contribution in [2.45, 2.75) is 64.5 Å². The molecule has 1 aliphatic carbocycles. The summed E-state index contributed by atoms with van der Waals surface area (Å²) in [5.74, 6) is 1.11. The Morgan fingerprint density at radius 1 is 1.26 bits per heavy atom. The fourth-order valence-corrected chi connectivity index (χ4v) is 4.01. The fraction of sp³-hybridized carbons (Fsp3) is 0.824. The Balaban J connectivity index is 1.62. The van der Waals surface area contributed by atoms with Gasteiger partial charge in [-0.05, 0) is 50.6 Å². The molecular weight excluding hydrogens is 290 g/mol. The van der Waals surface area contributed by atoms with Crippen LogP contribution in [-0.4, -0.2) is 40.0 Å². The molecule has 2 fully saturated rings. The Labute approximate surface area is 138 Å². The number of carbonyl (C=O) groups excluding carboxylic acids is 1. The molecule has 1 aliphatic heterocycles. The molecule has 0 radical (unpaired) electrons. The van der Waals surface area contributed by atoms with Gasteiger partial charge in [-0.25, -0.2) is 4.68 Å². The minimum atomic E-state index is -0.0669. The van der Waals surface area contributed by atoms with Gasteiger partial charge in [0.1, 0.15) is 0 Å². The molecular formula is C17H29N5O. The standard InChI is InChI=1S/C17H29N5O/c1-12(2)14-5-3-4-6-15(14)19-17(23)16-11-22(21-20-16)13-7-9-18-10-8-13/h11-15,18H,3-10H2,1-2H3,(H,19,23). The van der Waals surface area contributed by atoms with Gasteiger partial charge in [0.2, 0.25) is 0 Å². The highest BCUT2D eigenvalue weighted by Gasteiger charge is 2.29. The largest absolute Gasteiger partial charge is 0.348 e. The van der Waals surface area contributed by atoms with Crippen molar-refractivity contribution in [3.05, 3.63) is 11.9 Å². The molecule has 0 aromatic carbocycles. The highest BCUT2D eigenvalue weighted by Crippen LogP contribution is 2.30. The molecule has 2 aliphatic rings. The maximum Gasteiger partial charge on any atom is 0.273 e. The van der Waals surface area contributed by atoms with Crippen molar-refractivity contribution in [1.29, 1.82) is 0 Å². The summed E-state index contributed by atoms with van der Waals surface area (Å²) in [4.78, 5) is 12.5. The van der Waals surface area contributed by atoms with E-state index in [2.05, 4.69) is 34.8 Å². The van der Waals surface area contributed by atoms with Crippen LogP contribution in [0.2, 0.25) is 0 Å². The number of amides is 1. The molecule has 1 saturated carbocycles. The zero-order valence-corrected chi connectivity index (χ0v) is 14.3. The zero-order chi connectivity index (χ0) is 16.2. The van der Waals surface area contributed by atoms with Crippen LogP contribution in [0, 0.1) is 11.8 Å². The molecule has 1 amide bonds. The van der Waals surface area contributed by atoms with E-state index in [4.69, 9.17) is 0 Å². The molecule has 0 bridgehead atoms. The highest BCUT2D eigenvalue weighted by molar-refractivity contribution is 5.92. The van der Waals surface area contributed by atoms with Crippen molar-refractivity contribution < 1.29 is 4.79 Å². The minimum absolute atomic E-state index is 0.0669. The van der Waals surface area contributed by atoms with Gasteiger partial charge >= 0.3 is 0 Å². The molecule has 6 nitrogen and oxygen atoms in total. The number of hydrogen-bond donors (Lipinski definition) is 2. The normalized spacial score (nSPS) is 26.4. The van der Waals surface area contributed by atoms with Gasteiger partial charge in [-0.15, -0.1) is 5.10 Å². The topological polar surface area (TPSA) is 71.8 Å². The van der Waals surface area contributed by atoms with E-state index in [-0.39, 0.29) is 11.9 Å². The van der Waals surface area contributed by atoms with E-state index in [0.29, 0.717) is 23.6 Å². The van der Waals surface area contributed by atoms with Crippen LogP contribution in [0.3, 0.4) is 0 Å². The molecule has 23 heavy (non-hydrogen) atoms. The molecule has 128 valence electrons. The van der Waals surface area contributed by atoms with E-state index in [1.54, 1.807) is 0 Å². The SMILES string of the molecule is CC(C)C1CCCCC1NC(=O)c1cn(C2CCNCC2)nn1. The maximum absolute atomic E-state index is 12.5. The molecule has 1 saturated heterocycles. The first-order chi connectivity index (χ1) is 11.1. The molecule has 6 heteroatoms. The van der Waals surface area contributed by atoms with Crippen molar-refractivity contribution >= 4 is 5.91 Å². The lowest BCUT2D eigenvalue weighted by molar-refractivity contribution is 0.0884. The Morgan fingerprint density at radius 3 is 2.74 bits per heavy atom. The van der Waals surface area contributed by atoms with Crippen LogP contribution in [0.5, 0.6) is 0 Å². The number of nitrogens with one attached hydrogen (secondary N) is 2. The van der Waals surface area contributed by atoms with Crippen LogP contribution in [0.1, 0.15) is 68.9 Å². The van der Waals surface area contributed by atoms with Crippen molar-refractivity contribution in [2.75, 3.05) is 13.1 Å². The van der Waals surface area contributed by atoms with Crippen LogP contribution in [0.25, 0.3) is 0 Å². The van der Waals surface area contributed by atoms with Crippen molar-refractivity contribution in [2.24, 2.45) is 11.8 Å². The van der Waals surface area contributed by atoms with Gasteiger partial charge in [0.25, 0.3) is 5.91 Å². The number of carbonyl (C=O) groups is 1. The lowest BCUT2D eigenvalue weighted by Crippen LogP contribution is -2.44. The second kappa shape index (κ2) is 7.43. The summed E-state index contributed by atoms with van der Waals surface area (Å²) in [5, 5.41) is 14.9. The van der Waals surface area contributed by atoms with Gasteiger partial charge in [0, 0.05) is 6.04 Å². The van der Waals surface area contributed by atoms with Gasteiger partial charge < -0.3 is 10.6 Å². The third kappa shape index (κ3) is 3.91. The molecule has 3 rings (SSSR count). The molecule has 1 aromatic heterocycles. The average Bonchev–Trinajstić information content (AvgIpc) is 3.06. The third-order valence-corrected chi connectivity index (χ3v) is 5.42.